The maximum absolute atomic E-state index is 2.51. The van der Waals surface area contributed by atoms with E-state index in [4.69, 9.17) is 0 Å². The second-order valence-corrected chi connectivity index (χ2v) is 17.5. The van der Waals surface area contributed by atoms with Crippen molar-refractivity contribution in [3.05, 3.63) is 149 Å². The molecule has 49 heavy (non-hydrogen) atoms. The van der Waals surface area contributed by atoms with E-state index in [0.29, 0.717) is 0 Å². The number of hydrogen-bond donors (Lipinski definition) is 0. The topological polar surface area (TPSA) is 3.24 Å². The summed E-state index contributed by atoms with van der Waals surface area (Å²) in [5, 5.41) is 2.50. The van der Waals surface area contributed by atoms with E-state index in [0.717, 1.165) is 0 Å². The molecule has 0 radical (unpaired) electrons. The van der Waals surface area contributed by atoms with Crippen LogP contribution >= 0.6 is 0 Å². The molecule has 0 amide bonds. The van der Waals surface area contributed by atoms with Gasteiger partial charge in [-0.05, 0) is 102 Å². The van der Waals surface area contributed by atoms with Crippen LogP contribution in [-0.4, -0.2) is 0 Å². The van der Waals surface area contributed by atoms with Gasteiger partial charge in [-0.3, -0.25) is 0 Å². The second-order valence-electron chi connectivity index (χ2n) is 17.5. The Bertz CT molecular complexity index is 2290. The maximum atomic E-state index is 2.51. The molecule has 0 aromatic heterocycles. The summed E-state index contributed by atoms with van der Waals surface area (Å²) >= 11 is 0. The predicted molar refractivity (Wildman–Crippen MR) is 211 cm³/mol. The third kappa shape index (κ3) is 4.73. The number of anilines is 3. The fourth-order valence-corrected chi connectivity index (χ4v) is 8.79. The summed E-state index contributed by atoms with van der Waals surface area (Å²) in [5.41, 5.74) is 17.4. The monoisotopic (exact) mass is 639 g/mol. The lowest BCUT2D eigenvalue weighted by molar-refractivity contribution is 0.545. The van der Waals surface area contributed by atoms with E-state index < -0.39 is 0 Å². The van der Waals surface area contributed by atoms with Crippen LogP contribution in [-0.2, 0) is 21.7 Å². The Hall–Kier alpha value is -4.62. The standard InChI is InChI=1S/C48H49N/c1-45(2,3)31-26-38-37-28-32(23-25-40(37)48(9,10)44(38)42(27-31)46(4,5)6)49(43-21-15-17-30-16-11-12-18-34(30)43)33-22-24-36-35-19-13-14-20-39(35)47(7,8)41(36)29-33/h11-29H,1-10H3. The Balaban J connectivity index is 1.39. The zero-order valence-electron chi connectivity index (χ0n) is 30.9. The first-order chi connectivity index (χ1) is 23.1. The highest BCUT2D eigenvalue weighted by Gasteiger charge is 2.41. The summed E-state index contributed by atoms with van der Waals surface area (Å²) < 4.78 is 0. The minimum Gasteiger partial charge on any atom is -0.310 e. The van der Waals surface area contributed by atoms with Gasteiger partial charge in [-0.2, -0.15) is 0 Å². The molecule has 246 valence electrons. The summed E-state index contributed by atoms with van der Waals surface area (Å²) in [6.07, 6.45) is 0. The SMILES string of the molecule is CC(C)(C)c1cc2c(c(C(C)(C)C)c1)C(C)(C)c1ccc(N(c3ccc4c(c3)C(C)(C)c3ccccc3-4)c3cccc4ccccc34)cc1-2. The van der Waals surface area contributed by atoms with Crippen LogP contribution in [0.15, 0.2) is 115 Å². The van der Waals surface area contributed by atoms with Crippen LogP contribution in [0.2, 0.25) is 0 Å². The van der Waals surface area contributed by atoms with Crippen molar-refractivity contribution in [2.24, 2.45) is 0 Å². The summed E-state index contributed by atoms with van der Waals surface area (Å²) in [6.45, 7) is 23.7. The van der Waals surface area contributed by atoms with Crippen molar-refractivity contribution >= 4 is 27.8 Å². The van der Waals surface area contributed by atoms with Crippen molar-refractivity contribution in [3.63, 3.8) is 0 Å². The lowest BCUT2D eigenvalue weighted by Crippen LogP contribution is -2.24. The Morgan fingerprint density at radius 3 is 1.86 bits per heavy atom. The summed E-state index contributed by atoms with van der Waals surface area (Å²) in [4.78, 5) is 2.51. The molecule has 6 aromatic rings. The molecule has 0 heterocycles. The number of fused-ring (bicyclic) bond motifs is 7. The van der Waals surface area contributed by atoms with Crippen LogP contribution < -0.4 is 4.90 Å². The van der Waals surface area contributed by atoms with Crippen LogP contribution in [0.3, 0.4) is 0 Å². The van der Waals surface area contributed by atoms with Crippen LogP contribution in [0.25, 0.3) is 33.0 Å². The van der Waals surface area contributed by atoms with E-state index >= 15 is 0 Å². The first-order valence-corrected chi connectivity index (χ1v) is 18.0. The minimum atomic E-state index is -0.101. The first kappa shape index (κ1) is 31.6. The van der Waals surface area contributed by atoms with Gasteiger partial charge >= 0.3 is 0 Å². The molecular formula is C48H49N. The summed E-state index contributed by atoms with van der Waals surface area (Å²) in [5.74, 6) is 0. The summed E-state index contributed by atoms with van der Waals surface area (Å²) in [7, 11) is 0. The van der Waals surface area contributed by atoms with E-state index in [2.05, 4.69) is 189 Å². The van der Waals surface area contributed by atoms with Gasteiger partial charge in [0.05, 0.1) is 5.69 Å². The largest absolute Gasteiger partial charge is 0.310 e. The molecule has 0 bridgehead atoms. The highest BCUT2D eigenvalue weighted by atomic mass is 15.1. The van der Waals surface area contributed by atoms with Gasteiger partial charge in [0, 0.05) is 27.6 Å². The number of benzene rings is 6. The Morgan fingerprint density at radius 1 is 0.469 bits per heavy atom. The predicted octanol–water partition coefficient (Wildman–Crippen LogP) is 13.5. The van der Waals surface area contributed by atoms with Gasteiger partial charge in [0.15, 0.2) is 0 Å². The minimum absolute atomic E-state index is 0.0251. The van der Waals surface area contributed by atoms with Crippen LogP contribution in [0.1, 0.15) is 103 Å². The smallest absolute Gasteiger partial charge is 0.0540 e. The van der Waals surface area contributed by atoms with Gasteiger partial charge in [0.25, 0.3) is 0 Å². The normalized spacial score (nSPS) is 15.5. The van der Waals surface area contributed by atoms with Gasteiger partial charge < -0.3 is 4.90 Å². The van der Waals surface area contributed by atoms with E-state index in [9.17, 15) is 0 Å². The molecule has 0 N–H and O–H groups in total. The van der Waals surface area contributed by atoms with Gasteiger partial charge in [0.1, 0.15) is 0 Å². The Morgan fingerprint density at radius 2 is 1.10 bits per heavy atom. The van der Waals surface area contributed by atoms with Crippen LogP contribution in [0.5, 0.6) is 0 Å². The molecule has 0 unspecified atom stereocenters. The van der Waals surface area contributed by atoms with Gasteiger partial charge in [0.2, 0.25) is 0 Å². The van der Waals surface area contributed by atoms with E-state index in [-0.39, 0.29) is 21.7 Å². The van der Waals surface area contributed by atoms with Crippen molar-refractivity contribution in [1.29, 1.82) is 0 Å². The fraction of sp³-hybridized carbons (Fsp3) is 0.292. The van der Waals surface area contributed by atoms with E-state index in [1.54, 1.807) is 0 Å². The molecule has 0 fully saturated rings. The molecular weight excluding hydrogens is 591 g/mol. The lowest BCUT2D eigenvalue weighted by Gasteiger charge is -2.32. The van der Waals surface area contributed by atoms with Crippen molar-refractivity contribution in [1.82, 2.24) is 0 Å². The van der Waals surface area contributed by atoms with Crippen molar-refractivity contribution < 1.29 is 0 Å². The third-order valence-corrected chi connectivity index (χ3v) is 11.5. The summed E-state index contributed by atoms with van der Waals surface area (Å²) in [6, 6.07) is 43.8. The average molecular weight is 640 g/mol. The van der Waals surface area contributed by atoms with E-state index in [1.807, 2.05) is 0 Å². The zero-order valence-corrected chi connectivity index (χ0v) is 30.9. The highest BCUT2D eigenvalue weighted by Crippen LogP contribution is 2.56. The number of rotatable bonds is 3. The highest BCUT2D eigenvalue weighted by molar-refractivity contribution is 6.00. The van der Waals surface area contributed by atoms with Crippen molar-refractivity contribution in [2.75, 3.05) is 4.90 Å². The molecule has 0 saturated heterocycles. The fourth-order valence-electron chi connectivity index (χ4n) is 8.79. The zero-order chi connectivity index (χ0) is 34.7. The molecule has 2 aliphatic rings. The Kier molecular flexibility index (Phi) is 6.74. The quantitative estimate of drug-likeness (QED) is 0.186. The molecule has 0 aliphatic heterocycles. The van der Waals surface area contributed by atoms with E-state index in [1.165, 1.54) is 83.5 Å². The maximum Gasteiger partial charge on any atom is 0.0540 e. The van der Waals surface area contributed by atoms with Gasteiger partial charge in [-0.15, -0.1) is 0 Å². The molecule has 0 spiro atoms. The van der Waals surface area contributed by atoms with Gasteiger partial charge in [-0.25, -0.2) is 0 Å². The number of hydrogen-bond acceptors (Lipinski definition) is 1. The van der Waals surface area contributed by atoms with Crippen molar-refractivity contribution in [3.8, 4) is 22.3 Å². The molecule has 1 heteroatoms. The van der Waals surface area contributed by atoms with Gasteiger partial charge in [-0.1, -0.05) is 154 Å². The number of nitrogens with zero attached hydrogens (tertiary/aromatic N) is 1. The molecule has 8 rings (SSSR count). The van der Waals surface area contributed by atoms with Crippen LogP contribution in [0, 0.1) is 0 Å². The second kappa shape index (κ2) is 10.4. The molecule has 6 aromatic carbocycles. The first-order valence-electron chi connectivity index (χ1n) is 18.0. The van der Waals surface area contributed by atoms with Crippen LogP contribution in [0.4, 0.5) is 17.1 Å². The van der Waals surface area contributed by atoms with Crippen molar-refractivity contribution in [2.45, 2.75) is 90.9 Å². The molecule has 0 saturated carbocycles. The average Bonchev–Trinajstić information content (AvgIpc) is 3.43. The molecule has 0 atom stereocenters. The lowest BCUT2D eigenvalue weighted by atomic mass is 9.71. The molecule has 2 aliphatic carbocycles. The molecule has 1 nitrogen and oxygen atoms in total. The third-order valence-electron chi connectivity index (χ3n) is 11.5. The Labute approximate surface area is 293 Å².